The van der Waals surface area contributed by atoms with Crippen molar-refractivity contribution < 1.29 is 14.2 Å². The van der Waals surface area contributed by atoms with Crippen molar-refractivity contribution in [3.05, 3.63) is 56.8 Å². The highest BCUT2D eigenvalue weighted by atomic mass is 32.2. The van der Waals surface area contributed by atoms with E-state index in [0.29, 0.717) is 38.1 Å². The van der Waals surface area contributed by atoms with Crippen LogP contribution in [0.2, 0.25) is 0 Å². The van der Waals surface area contributed by atoms with Gasteiger partial charge in [-0.05, 0) is 42.2 Å². The molecule has 0 atom stereocenters. The minimum Gasteiger partial charge on any atom is -0.493 e. The van der Waals surface area contributed by atoms with Crippen LogP contribution in [-0.2, 0) is 0 Å². The average molecular weight is 442 g/mol. The van der Waals surface area contributed by atoms with Crippen molar-refractivity contribution in [2.24, 2.45) is 0 Å². The third kappa shape index (κ3) is 3.61. The second-order valence-electron chi connectivity index (χ2n) is 6.23. The lowest BCUT2D eigenvalue weighted by Crippen LogP contribution is -2.23. The van der Waals surface area contributed by atoms with Gasteiger partial charge in [-0.2, -0.15) is 9.50 Å². The molecule has 2 aromatic heterocycles. The first-order chi connectivity index (χ1) is 14.6. The third-order valence-electron chi connectivity index (χ3n) is 4.52. The maximum Gasteiger partial charge on any atom is 0.291 e. The second-order valence-corrected chi connectivity index (χ2v) is 8.12. The fourth-order valence-electron chi connectivity index (χ4n) is 3.02. The molecule has 154 valence electrons. The van der Waals surface area contributed by atoms with Crippen LogP contribution < -0.4 is 24.3 Å². The number of methoxy groups -OCH3 is 3. The van der Waals surface area contributed by atoms with Gasteiger partial charge in [0.1, 0.15) is 0 Å². The molecule has 0 aliphatic rings. The number of aromatic nitrogens is 3. The number of ether oxygens (including phenoxy) is 3. The number of nitrogens with zero attached hydrogens (tertiary/aromatic N) is 3. The highest BCUT2D eigenvalue weighted by molar-refractivity contribution is 7.98. The number of hydrogen-bond acceptors (Lipinski definition) is 8. The molecule has 0 radical (unpaired) electrons. The zero-order valence-electron chi connectivity index (χ0n) is 16.8. The summed E-state index contributed by atoms with van der Waals surface area (Å²) in [7, 11) is 4.63. The molecule has 2 aromatic carbocycles. The highest BCUT2D eigenvalue weighted by Gasteiger charge is 2.18. The van der Waals surface area contributed by atoms with Gasteiger partial charge < -0.3 is 14.2 Å². The number of benzene rings is 2. The molecule has 2 heterocycles. The van der Waals surface area contributed by atoms with E-state index in [1.165, 1.54) is 20.7 Å². The average Bonchev–Trinajstić information content (AvgIpc) is 3.32. The van der Waals surface area contributed by atoms with Gasteiger partial charge in [0.05, 0.1) is 25.9 Å². The molecule has 30 heavy (non-hydrogen) atoms. The van der Waals surface area contributed by atoms with Crippen LogP contribution in [0, 0.1) is 0 Å². The summed E-state index contributed by atoms with van der Waals surface area (Å²) in [6.07, 6.45) is 3.88. The lowest BCUT2D eigenvalue weighted by atomic mass is 10.1. The Bertz CT molecular complexity index is 1290. The number of hydrogen-bond donors (Lipinski definition) is 0. The lowest BCUT2D eigenvalue weighted by molar-refractivity contribution is 0.324. The van der Waals surface area contributed by atoms with Crippen molar-refractivity contribution in [1.29, 1.82) is 0 Å². The summed E-state index contributed by atoms with van der Waals surface area (Å²) >= 11 is 2.98. The van der Waals surface area contributed by atoms with E-state index in [-0.39, 0.29) is 5.56 Å². The van der Waals surface area contributed by atoms with E-state index in [1.54, 1.807) is 45.2 Å². The molecule has 7 nitrogen and oxygen atoms in total. The van der Waals surface area contributed by atoms with Crippen LogP contribution in [0.5, 0.6) is 17.2 Å². The summed E-state index contributed by atoms with van der Waals surface area (Å²) in [5.74, 6) is 1.89. The standard InChI is InChI=1S/C21H19N3O4S2/c1-26-15-10-13(11-16(27-2)18(15)28-3)19-22-21-24(23-19)20(25)17(30-21)9-12-5-7-14(29-4)8-6-12/h5-11H,1-4H3/b17-9+. The Labute approximate surface area is 180 Å². The minimum absolute atomic E-state index is 0.199. The molecule has 4 rings (SSSR count). The first-order valence-corrected chi connectivity index (χ1v) is 11.0. The molecule has 0 fully saturated rings. The Hall–Kier alpha value is -3.04. The highest BCUT2D eigenvalue weighted by Crippen LogP contribution is 2.40. The summed E-state index contributed by atoms with van der Waals surface area (Å²) in [5, 5.41) is 4.41. The van der Waals surface area contributed by atoms with E-state index >= 15 is 0 Å². The molecular weight excluding hydrogens is 422 g/mol. The van der Waals surface area contributed by atoms with Crippen molar-refractivity contribution in [1.82, 2.24) is 14.6 Å². The largest absolute Gasteiger partial charge is 0.493 e. The first-order valence-electron chi connectivity index (χ1n) is 8.93. The number of rotatable bonds is 6. The number of fused-ring (bicyclic) bond motifs is 1. The maximum absolute atomic E-state index is 12.8. The molecule has 0 bridgehead atoms. The number of thiazole rings is 1. The zero-order valence-corrected chi connectivity index (χ0v) is 18.5. The van der Waals surface area contributed by atoms with Crippen molar-refractivity contribution in [3.8, 4) is 28.6 Å². The summed E-state index contributed by atoms with van der Waals surface area (Å²) in [6.45, 7) is 0. The minimum atomic E-state index is -0.199. The summed E-state index contributed by atoms with van der Waals surface area (Å²) in [5.41, 5.74) is 1.42. The Morgan fingerprint density at radius 2 is 1.70 bits per heavy atom. The van der Waals surface area contributed by atoms with Crippen LogP contribution in [0.3, 0.4) is 0 Å². The summed E-state index contributed by atoms with van der Waals surface area (Å²) in [6, 6.07) is 11.5. The molecule has 0 saturated heterocycles. The first kappa shape index (κ1) is 20.2. The molecule has 9 heteroatoms. The molecule has 0 aliphatic carbocycles. The Morgan fingerprint density at radius 3 is 2.23 bits per heavy atom. The van der Waals surface area contributed by atoms with Crippen LogP contribution in [0.4, 0.5) is 0 Å². The van der Waals surface area contributed by atoms with E-state index in [9.17, 15) is 4.79 Å². The third-order valence-corrected chi connectivity index (χ3v) is 6.22. The van der Waals surface area contributed by atoms with Crippen LogP contribution in [0.15, 0.2) is 46.1 Å². The second kappa shape index (κ2) is 8.37. The number of thioether (sulfide) groups is 1. The smallest absolute Gasteiger partial charge is 0.291 e. The Balaban J connectivity index is 1.77. The van der Waals surface area contributed by atoms with Gasteiger partial charge in [-0.3, -0.25) is 4.79 Å². The van der Waals surface area contributed by atoms with Gasteiger partial charge in [-0.15, -0.1) is 16.9 Å². The fraction of sp³-hybridized carbons (Fsp3) is 0.190. The SMILES string of the molecule is COc1cc(-c2nc3s/c(=C/c4ccc(SC)cc4)c(=O)n3n2)cc(OC)c1OC. The van der Waals surface area contributed by atoms with Crippen molar-refractivity contribution in [3.63, 3.8) is 0 Å². The van der Waals surface area contributed by atoms with Crippen LogP contribution in [0.1, 0.15) is 5.56 Å². The van der Waals surface area contributed by atoms with Gasteiger partial charge in [0, 0.05) is 10.5 Å². The van der Waals surface area contributed by atoms with E-state index in [2.05, 4.69) is 10.1 Å². The molecule has 0 unspecified atom stereocenters. The predicted molar refractivity (Wildman–Crippen MR) is 119 cm³/mol. The van der Waals surface area contributed by atoms with Crippen molar-refractivity contribution in [2.45, 2.75) is 4.90 Å². The van der Waals surface area contributed by atoms with E-state index in [1.807, 2.05) is 36.6 Å². The molecule has 0 saturated carbocycles. The van der Waals surface area contributed by atoms with Crippen molar-refractivity contribution >= 4 is 34.1 Å². The van der Waals surface area contributed by atoms with Crippen LogP contribution in [-0.4, -0.2) is 42.2 Å². The topological polar surface area (TPSA) is 75.0 Å². The predicted octanol–water partition coefficient (Wildman–Crippen LogP) is 3.11. The monoisotopic (exact) mass is 441 g/mol. The lowest BCUT2D eigenvalue weighted by Gasteiger charge is -2.12. The molecular formula is C21H19N3O4S2. The molecule has 4 aromatic rings. The maximum atomic E-state index is 12.8. The van der Waals surface area contributed by atoms with E-state index in [4.69, 9.17) is 14.2 Å². The Kier molecular flexibility index (Phi) is 5.65. The normalized spacial score (nSPS) is 11.8. The van der Waals surface area contributed by atoms with Gasteiger partial charge in [-0.1, -0.05) is 23.5 Å². The van der Waals surface area contributed by atoms with Gasteiger partial charge in [0.25, 0.3) is 5.56 Å². The quantitative estimate of drug-likeness (QED) is 0.426. The van der Waals surface area contributed by atoms with Gasteiger partial charge in [0.2, 0.25) is 10.7 Å². The van der Waals surface area contributed by atoms with Crippen LogP contribution in [0.25, 0.3) is 22.4 Å². The fourth-order valence-corrected chi connectivity index (χ4v) is 4.33. The zero-order chi connectivity index (χ0) is 21.3. The summed E-state index contributed by atoms with van der Waals surface area (Å²) < 4.78 is 18.0. The van der Waals surface area contributed by atoms with Gasteiger partial charge in [-0.25, -0.2) is 0 Å². The molecule has 0 aliphatic heterocycles. The Morgan fingerprint density at radius 1 is 1.03 bits per heavy atom. The van der Waals surface area contributed by atoms with E-state index < -0.39 is 0 Å². The molecule has 0 amide bonds. The molecule has 0 N–H and O–H groups in total. The van der Waals surface area contributed by atoms with Gasteiger partial charge >= 0.3 is 0 Å². The molecule has 0 spiro atoms. The van der Waals surface area contributed by atoms with E-state index in [0.717, 1.165) is 5.56 Å². The van der Waals surface area contributed by atoms with Crippen molar-refractivity contribution in [2.75, 3.05) is 27.6 Å². The van der Waals surface area contributed by atoms with Gasteiger partial charge in [0.15, 0.2) is 17.3 Å². The summed E-state index contributed by atoms with van der Waals surface area (Å²) in [4.78, 5) is 19.0. The van der Waals surface area contributed by atoms with Crippen LogP contribution >= 0.6 is 23.1 Å².